The molecular weight excluding hydrogens is 305 g/mol. The van der Waals surface area contributed by atoms with E-state index in [1.165, 1.54) is 38.2 Å². The quantitative estimate of drug-likeness (QED) is 0.919. The first-order valence-electron chi connectivity index (χ1n) is 9.50. The van der Waals surface area contributed by atoms with E-state index in [0.29, 0.717) is 17.9 Å². The van der Waals surface area contributed by atoms with Crippen molar-refractivity contribution in [3.8, 4) is 0 Å². The van der Waals surface area contributed by atoms with Gasteiger partial charge in [-0.3, -0.25) is 0 Å². The van der Waals surface area contributed by atoms with E-state index in [1.54, 1.807) is 12.3 Å². The van der Waals surface area contributed by atoms with Crippen molar-refractivity contribution in [3.63, 3.8) is 0 Å². The minimum Gasteiger partial charge on any atom is -0.381 e. The maximum absolute atomic E-state index is 14.0. The van der Waals surface area contributed by atoms with Gasteiger partial charge in [0.25, 0.3) is 0 Å². The molecule has 1 aromatic rings. The number of rotatable bonds is 4. The van der Waals surface area contributed by atoms with Crippen LogP contribution in [-0.4, -0.2) is 43.4 Å². The average molecular weight is 333 g/mol. The number of aromatic nitrogens is 1. The van der Waals surface area contributed by atoms with Crippen molar-refractivity contribution >= 4 is 5.82 Å². The Labute approximate surface area is 143 Å². The second-order valence-electron chi connectivity index (χ2n) is 7.59. The van der Waals surface area contributed by atoms with Gasteiger partial charge in [-0.15, -0.1) is 0 Å². The standard InChI is InChI=1S/C19H28FN3O/c20-17-5-3-9-21-19(17)23-10-7-15(12-23)22-18-6-2-1-4-16(18)14-8-11-24-13-14/h3,5,9,14-16,18,22H,1-2,4,6-8,10-13H2. The zero-order valence-electron chi connectivity index (χ0n) is 14.3. The van der Waals surface area contributed by atoms with Gasteiger partial charge in [0, 0.05) is 44.6 Å². The van der Waals surface area contributed by atoms with Crippen molar-refractivity contribution in [2.75, 3.05) is 31.2 Å². The molecule has 1 aliphatic carbocycles. The number of pyridine rings is 1. The fourth-order valence-electron chi connectivity index (χ4n) is 4.82. The smallest absolute Gasteiger partial charge is 0.165 e. The van der Waals surface area contributed by atoms with Gasteiger partial charge in [0.2, 0.25) is 0 Å². The van der Waals surface area contributed by atoms with Gasteiger partial charge in [-0.25, -0.2) is 9.37 Å². The van der Waals surface area contributed by atoms with Crippen LogP contribution in [0.4, 0.5) is 10.2 Å². The predicted octanol–water partition coefficient (Wildman–Crippen LogP) is 2.98. The Hall–Kier alpha value is -1.20. The molecule has 0 amide bonds. The molecule has 3 fully saturated rings. The summed E-state index contributed by atoms with van der Waals surface area (Å²) in [5.41, 5.74) is 0. The summed E-state index contributed by atoms with van der Waals surface area (Å²) in [5.74, 6) is 1.78. The van der Waals surface area contributed by atoms with Crippen molar-refractivity contribution in [1.29, 1.82) is 0 Å². The zero-order chi connectivity index (χ0) is 16.4. The van der Waals surface area contributed by atoms with Gasteiger partial charge < -0.3 is 15.0 Å². The molecule has 3 aliphatic rings. The van der Waals surface area contributed by atoms with Gasteiger partial charge in [-0.05, 0) is 49.7 Å². The average Bonchev–Trinajstić information content (AvgIpc) is 3.28. The van der Waals surface area contributed by atoms with Crippen LogP contribution >= 0.6 is 0 Å². The molecule has 24 heavy (non-hydrogen) atoms. The maximum Gasteiger partial charge on any atom is 0.165 e. The number of hydrogen-bond acceptors (Lipinski definition) is 4. The van der Waals surface area contributed by atoms with E-state index in [4.69, 9.17) is 4.74 Å². The van der Waals surface area contributed by atoms with Gasteiger partial charge in [-0.1, -0.05) is 12.8 Å². The van der Waals surface area contributed by atoms with Crippen LogP contribution in [0, 0.1) is 17.7 Å². The fourth-order valence-corrected chi connectivity index (χ4v) is 4.82. The van der Waals surface area contributed by atoms with Crippen LogP contribution in [0.15, 0.2) is 18.3 Å². The van der Waals surface area contributed by atoms with Crippen molar-refractivity contribution in [2.24, 2.45) is 11.8 Å². The van der Waals surface area contributed by atoms with Crippen molar-refractivity contribution in [1.82, 2.24) is 10.3 Å². The second-order valence-corrected chi connectivity index (χ2v) is 7.59. The van der Waals surface area contributed by atoms with Gasteiger partial charge in [-0.2, -0.15) is 0 Å². The molecular formula is C19H28FN3O. The third-order valence-electron chi connectivity index (χ3n) is 6.07. The van der Waals surface area contributed by atoms with E-state index < -0.39 is 0 Å². The Bertz CT molecular complexity index is 549. The summed E-state index contributed by atoms with van der Waals surface area (Å²) in [4.78, 5) is 6.31. The number of ether oxygens (including phenoxy) is 1. The first-order valence-corrected chi connectivity index (χ1v) is 9.50. The van der Waals surface area contributed by atoms with E-state index in [2.05, 4.69) is 15.2 Å². The van der Waals surface area contributed by atoms with Crippen LogP contribution in [0.3, 0.4) is 0 Å². The molecule has 4 unspecified atom stereocenters. The summed E-state index contributed by atoms with van der Waals surface area (Å²) in [6, 6.07) is 4.20. The van der Waals surface area contributed by atoms with Crippen LogP contribution in [0.2, 0.25) is 0 Å². The number of nitrogens with zero attached hydrogens (tertiary/aromatic N) is 2. The van der Waals surface area contributed by atoms with E-state index in [0.717, 1.165) is 44.6 Å². The molecule has 5 heteroatoms. The van der Waals surface area contributed by atoms with Crippen LogP contribution in [-0.2, 0) is 4.74 Å². The van der Waals surface area contributed by atoms with Crippen molar-refractivity contribution in [3.05, 3.63) is 24.1 Å². The molecule has 0 radical (unpaired) electrons. The molecule has 0 aromatic carbocycles. The molecule has 1 saturated carbocycles. The normalized spacial score (nSPS) is 34.0. The maximum atomic E-state index is 14.0. The molecule has 1 aromatic heterocycles. The molecule has 0 bridgehead atoms. The molecule has 2 aliphatic heterocycles. The van der Waals surface area contributed by atoms with Gasteiger partial charge in [0.15, 0.2) is 11.6 Å². The lowest BCUT2D eigenvalue weighted by Crippen LogP contribution is -2.47. The molecule has 4 rings (SSSR count). The van der Waals surface area contributed by atoms with Crippen LogP contribution in [0.5, 0.6) is 0 Å². The molecule has 4 nitrogen and oxygen atoms in total. The number of halogens is 1. The first-order chi connectivity index (χ1) is 11.8. The summed E-state index contributed by atoms with van der Waals surface area (Å²) < 4.78 is 19.6. The monoisotopic (exact) mass is 333 g/mol. The van der Waals surface area contributed by atoms with Crippen LogP contribution in [0.25, 0.3) is 0 Å². The third-order valence-corrected chi connectivity index (χ3v) is 6.07. The summed E-state index contributed by atoms with van der Waals surface area (Å²) in [6.07, 6.45) is 9.25. The summed E-state index contributed by atoms with van der Waals surface area (Å²) in [5, 5.41) is 3.92. The Morgan fingerprint density at radius 2 is 2.12 bits per heavy atom. The number of hydrogen-bond donors (Lipinski definition) is 1. The van der Waals surface area contributed by atoms with Gasteiger partial charge in [0.1, 0.15) is 0 Å². The highest BCUT2D eigenvalue weighted by Gasteiger charge is 2.36. The molecule has 4 atom stereocenters. The summed E-state index contributed by atoms with van der Waals surface area (Å²) in [6.45, 7) is 3.62. The lowest BCUT2D eigenvalue weighted by molar-refractivity contribution is 0.136. The Morgan fingerprint density at radius 1 is 1.21 bits per heavy atom. The zero-order valence-corrected chi connectivity index (χ0v) is 14.3. The highest BCUT2D eigenvalue weighted by atomic mass is 19.1. The second kappa shape index (κ2) is 7.36. The topological polar surface area (TPSA) is 37.4 Å². The summed E-state index contributed by atoms with van der Waals surface area (Å²) in [7, 11) is 0. The first kappa shape index (κ1) is 16.3. The fraction of sp³-hybridized carbons (Fsp3) is 0.737. The van der Waals surface area contributed by atoms with Gasteiger partial charge >= 0.3 is 0 Å². The number of anilines is 1. The molecule has 0 spiro atoms. The highest BCUT2D eigenvalue weighted by molar-refractivity contribution is 5.41. The van der Waals surface area contributed by atoms with Crippen LogP contribution in [0.1, 0.15) is 38.5 Å². The number of nitrogens with one attached hydrogen (secondary N) is 1. The van der Waals surface area contributed by atoms with Crippen molar-refractivity contribution in [2.45, 2.75) is 50.6 Å². The third kappa shape index (κ3) is 3.42. The van der Waals surface area contributed by atoms with E-state index in [-0.39, 0.29) is 5.82 Å². The molecule has 1 N–H and O–H groups in total. The van der Waals surface area contributed by atoms with E-state index in [9.17, 15) is 4.39 Å². The Kier molecular flexibility index (Phi) is 4.99. The molecule has 3 heterocycles. The SMILES string of the molecule is Fc1cccnc1N1CCC(NC2CCCCC2C2CCOC2)C1. The van der Waals surface area contributed by atoms with Crippen molar-refractivity contribution < 1.29 is 9.13 Å². The lowest BCUT2D eigenvalue weighted by atomic mass is 9.76. The highest BCUT2D eigenvalue weighted by Crippen LogP contribution is 2.35. The molecule has 132 valence electrons. The van der Waals surface area contributed by atoms with Gasteiger partial charge in [0.05, 0.1) is 0 Å². The minimum atomic E-state index is -0.211. The summed E-state index contributed by atoms with van der Waals surface area (Å²) >= 11 is 0. The lowest BCUT2D eigenvalue weighted by Gasteiger charge is -2.37. The van der Waals surface area contributed by atoms with Crippen LogP contribution < -0.4 is 10.2 Å². The Balaban J connectivity index is 1.37. The largest absolute Gasteiger partial charge is 0.381 e. The Morgan fingerprint density at radius 3 is 2.96 bits per heavy atom. The molecule has 2 saturated heterocycles. The van der Waals surface area contributed by atoms with E-state index in [1.807, 2.05) is 0 Å². The predicted molar refractivity (Wildman–Crippen MR) is 92.6 cm³/mol. The van der Waals surface area contributed by atoms with E-state index >= 15 is 0 Å². The minimum absolute atomic E-state index is 0.211.